The molecule has 0 aliphatic heterocycles. The van der Waals surface area contributed by atoms with Gasteiger partial charge in [0.05, 0.1) is 11.8 Å². The molecule has 0 fully saturated rings. The van der Waals surface area contributed by atoms with Crippen LogP contribution in [-0.2, 0) is 0 Å². The maximum atomic E-state index is 12.8. The van der Waals surface area contributed by atoms with Crippen molar-refractivity contribution in [1.29, 1.82) is 0 Å². The average molecular weight is 208 g/mol. The van der Waals surface area contributed by atoms with Crippen molar-refractivity contribution in [3.8, 4) is 0 Å². The molecule has 0 atom stereocenters. The first-order valence-electron chi connectivity index (χ1n) is 3.45. The van der Waals surface area contributed by atoms with Gasteiger partial charge in [-0.15, -0.1) is 0 Å². The molecule has 0 aromatic heterocycles. The van der Waals surface area contributed by atoms with Crippen molar-refractivity contribution in [3.63, 3.8) is 0 Å². The minimum Gasteiger partial charge on any atom is -1.00 e. The Kier molecular flexibility index (Phi) is 5.60. The number of hydrogen-bond donors (Lipinski definition) is 1. The van der Waals surface area contributed by atoms with Crippen molar-refractivity contribution in [2.75, 3.05) is 0 Å². The smallest absolute Gasteiger partial charge is 1.00 e. The molecule has 0 unspecified atom stereocenters. The van der Waals surface area contributed by atoms with Crippen molar-refractivity contribution >= 4 is 5.78 Å². The Balaban J connectivity index is 0. The molecule has 2 nitrogen and oxygen atoms in total. The number of allylic oxidation sites excluding steroid dienone is 1. The van der Waals surface area contributed by atoms with E-state index in [9.17, 15) is 13.6 Å². The summed E-state index contributed by atoms with van der Waals surface area (Å²) in [6, 6.07) is 2.54. The second kappa shape index (κ2) is 5.90. The van der Waals surface area contributed by atoms with E-state index in [1.807, 2.05) is 0 Å². The Hall–Kier alpha value is -0.710. The van der Waals surface area contributed by atoms with Gasteiger partial charge in [-0.2, -0.15) is 0 Å². The van der Waals surface area contributed by atoms with Crippen molar-refractivity contribution in [2.45, 2.75) is 0 Å². The van der Waals surface area contributed by atoms with Gasteiger partial charge in [0.2, 0.25) is 0 Å². The number of rotatable bonds is 2. The van der Waals surface area contributed by atoms with Crippen LogP contribution < -0.4 is 29.6 Å². The standard InChI is InChI=1S/C9H6F2O2.Na.H/c10-6-1-2-8(11)7(5-6)9(13)3-4-12;;/h1-5,12H;;/q;+1;-1. The van der Waals surface area contributed by atoms with Crippen LogP contribution in [0.4, 0.5) is 8.78 Å². The monoisotopic (exact) mass is 208 g/mol. The number of benzene rings is 1. The van der Waals surface area contributed by atoms with E-state index >= 15 is 0 Å². The zero-order chi connectivity index (χ0) is 9.84. The Morgan fingerprint density at radius 2 is 2.07 bits per heavy atom. The number of hydrogen-bond acceptors (Lipinski definition) is 2. The number of aliphatic hydroxyl groups excluding tert-OH is 1. The summed E-state index contributed by atoms with van der Waals surface area (Å²) < 4.78 is 25.4. The van der Waals surface area contributed by atoms with Crippen molar-refractivity contribution < 1.29 is 49.7 Å². The van der Waals surface area contributed by atoms with E-state index < -0.39 is 23.0 Å². The second-order valence-corrected chi connectivity index (χ2v) is 2.30. The van der Waals surface area contributed by atoms with Crippen LogP contribution in [0.15, 0.2) is 30.5 Å². The first-order chi connectivity index (χ1) is 6.15. The van der Waals surface area contributed by atoms with Gasteiger partial charge in [0, 0.05) is 6.08 Å². The zero-order valence-corrected chi connectivity index (χ0v) is 9.50. The Morgan fingerprint density at radius 1 is 1.43 bits per heavy atom. The molecule has 14 heavy (non-hydrogen) atoms. The van der Waals surface area contributed by atoms with E-state index in [4.69, 9.17) is 5.11 Å². The van der Waals surface area contributed by atoms with Crippen LogP contribution in [0.3, 0.4) is 0 Å². The molecule has 5 heteroatoms. The molecular formula is C9H7F2NaO2. The molecule has 0 aliphatic carbocycles. The molecule has 0 aliphatic rings. The molecule has 1 N–H and O–H groups in total. The van der Waals surface area contributed by atoms with Crippen LogP contribution in [0, 0.1) is 11.6 Å². The van der Waals surface area contributed by atoms with E-state index in [1.54, 1.807) is 0 Å². The fraction of sp³-hybridized carbons (Fsp3) is 0. The number of halogens is 2. The van der Waals surface area contributed by atoms with Gasteiger partial charge in [-0.05, 0) is 18.2 Å². The van der Waals surface area contributed by atoms with Gasteiger partial charge in [-0.1, -0.05) is 0 Å². The summed E-state index contributed by atoms with van der Waals surface area (Å²) in [5, 5.41) is 8.24. The fourth-order valence-electron chi connectivity index (χ4n) is 0.844. The maximum absolute atomic E-state index is 12.8. The van der Waals surface area contributed by atoms with Crippen LogP contribution in [0.25, 0.3) is 0 Å². The van der Waals surface area contributed by atoms with Gasteiger partial charge in [0.1, 0.15) is 11.6 Å². The summed E-state index contributed by atoms with van der Waals surface area (Å²) in [4.78, 5) is 11.0. The number of ketones is 1. The Morgan fingerprint density at radius 3 is 2.64 bits per heavy atom. The first kappa shape index (κ1) is 13.3. The number of aliphatic hydroxyl groups is 1. The van der Waals surface area contributed by atoms with Gasteiger partial charge in [0.15, 0.2) is 5.78 Å². The summed E-state index contributed by atoms with van der Waals surface area (Å²) in [6.07, 6.45) is 1.23. The van der Waals surface area contributed by atoms with Crippen LogP contribution >= 0.6 is 0 Å². The molecule has 70 valence electrons. The minimum absolute atomic E-state index is 0. The molecule has 1 aromatic rings. The molecule has 0 spiro atoms. The normalized spacial score (nSPS) is 9.86. The third-order valence-electron chi connectivity index (χ3n) is 1.42. The summed E-state index contributed by atoms with van der Waals surface area (Å²) >= 11 is 0. The third-order valence-corrected chi connectivity index (χ3v) is 1.42. The van der Waals surface area contributed by atoms with Crippen LogP contribution in [0.1, 0.15) is 11.8 Å². The van der Waals surface area contributed by atoms with Gasteiger partial charge in [0.25, 0.3) is 0 Å². The van der Waals surface area contributed by atoms with Gasteiger partial charge in [-0.3, -0.25) is 4.79 Å². The maximum Gasteiger partial charge on any atom is 1.00 e. The number of carbonyl (C=O) groups is 1. The average Bonchev–Trinajstić information content (AvgIpc) is 2.09. The van der Waals surface area contributed by atoms with Gasteiger partial charge >= 0.3 is 29.6 Å². The summed E-state index contributed by atoms with van der Waals surface area (Å²) in [6.45, 7) is 0. The molecule has 0 saturated heterocycles. The summed E-state index contributed by atoms with van der Waals surface area (Å²) in [5.74, 6) is -2.29. The van der Waals surface area contributed by atoms with Crippen LogP contribution in [-0.4, -0.2) is 10.9 Å². The van der Waals surface area contributed by atoms with Crippen molar-refractivity contribution in [2.24, 2.45) is 0 Å². The number of carbonyl (C=O) groups excluding carboxylic acids is 1. The molecule has 0 heterocycles. The molecule has 0 bridgehead atoms. The molecular weight excluding hydrogens is 201 g/mol. The summed E-state index contributed by atoms with van der Waals surface area (Å²) in [7, 11) is 0. The first-order valence-corrected chi connectivity index (χ1v) is 3.45. The van der Waals surface area contributed by atoms with Gasteiger partial charge < -0.3 is 6.53 Å². The molecule has 0 amide bonds. The van der Waals surface area contributed by atoms with Crippen molar-refractivity contribution in [1.82, 2.24) is 0 Å². The van der Waals surface area contributed by atoms with E-state index in [1.165, 1.54) is 0 Å². The Labute approximate surface area is 103 Å². The third kappa shape index (κ3) is 3.21. The van der Waals surface area contributed by atoms with Gasteiger partial charge in [-0.25, -0.2) is 8.78 Å². The quantitative estimate of drug-likeness (QED) is 0.303. The Bertz CT molecular complexity index is 369. The van der Waals surface area contributed by atoms with Crippen LogP contribution in [0.5, 0.6) is 0 Å². The van der Waals surface area contributed by atoms with E-state index in [0.717, 1.165) is 24.3 Å². The predicted octanol–water partition coefficient (Wildman–Crippen LogP) is -0.664. The summed E-state index contributed by atoms with van der Waals surface area (Å²) in [5.41, 5.74) is -0.398. The SMILES string of the molecule is O=C(C=CO)c1cc(F)ccc1F.[H-].[Na+]. The van der Waals surface area contributed by atoms with Crippen LogP contribution in [0.2, 0.25) is 0 Å². The van der Waals surface area contributed by atoms with E-state index in [2.05, 4.69) is 0 Å². The molecule has 1 rings (SSSR count). The topological polar surface area (TPSA) is 37.3 Å². The van der Waals surface area contributed by atoms with E-state index in [0.29, 0.717) is 6.26 Å². The largest absolute Gasteiger partial charge is 1.00 e. The zero-order valence-electron chi connectivity index (χ0n) is 8.50. The fourth-order valence-corrected chi connectivity index (χ4v) is 0.844. The molecule has 1 aromatic carbocycles. The van der Waals surface area contributed by atoms with E-state index in [-0.39, 0.29) is 31.0 Å². The second-order valence-electron chi connectivity index (χ2n) is 2.30. The molecule has 0 saturated carbocycles. The predicted molar refractivity (Wildman–Crippen MR) is 43.6 cm³/mol. The molecule has 0 radical (unpaired) electrons. The van der Waals surface area contributed by atoms with Crippen molar-refractivity contribution in [3.05, 3.63) is 47.7 Å². The minimum atomic E-state index is -0.815.